The number of rotatable bonds is 8. The summed E-state index contributed by atoms with van der Waals surface area (Å²) in [6.45, 7) is 1.76. The minimum absolute atomic E-state index is 0.0721. The fourth-order valence-corrected chi connectivity index (χ4v) is 4.82. The van der Waals surface area contributed by atoms with Crippen LogP contribution < -0.4 is 14.4 Å². The minimum Gasteiger partial charge on any atom is -0.484 e. The second-order valence-corrected chi connectivity index (χ2v) is 8.54. The Kier molecular flexibility index (Phi) is 6.97. The highest BCUT2D eigenvalue weighted by Gasteiger charge is 2.26. The molecule has 0 saturated heterocycles. The molecule has 1 N–H and O–H groups in total. The number of carbonyl (C=O) groups excluding carboxylic acids is 1. The molecule has 0 aliphatic heterocycles. The zero-order valence-electron chi connectivity index (χ0n) is 16.3. The Bertz CT molecular complexity index is 1110. The van der Waals surface area contributed by atoms with Crippen LogP contribution in [0.3, 0.4) is 0 Å². The van der Waals surface area contributed by atoms with Crippen LogP contribution in [0.2, 0.25) is 5.02 Å². The highest BCUT2D eigenvalue weighted by molar-refractivity contribution is 7.93. The van der Waals surface area contributed by atoms with E-state index in [2.05, 4.69) is 5.32 Å². The average molecular weight is 445 g/mol. The van der Waals surface area contributed by atoms with Gasteiger partial charge in [-0.1, -0.05) is 48.0 Å². The van der Waals surface area contributed by atoms with Crippen molar-refractivity contribution in [2.24, 2.45) is 0 Å². The number of hydrogen-bond acceptors (Lipinski definition) is 4. The first-order valence-corrected chi connectivity index (χ1v) is 11.1. The van der Waals surface area contributed by atoms with Crippen molar-refractivity contribution in [1.29, 1.82) is 0 Å². The van der Waals surface area contributed by atoms with Gasteiger partial charge in [0, 0.05) is 12.2 Å². The summed E-state index contributed by atoms with van der Waals surface area (Å²) in [7, 11) is -3.93. The van der Waals surface area contributed by atoms with Gasteiger partial charge < -0.3 is 10.1 Å². The summed E-state index contributed by atoms with van der Waals surface area (Å²) in [6.07, 6.45) is 0. The van der Waals surface area contributed by atoms with E-state index in [-0.39, 0.29) is 23.1 Å². The van der Waals surface area contributed by atoms with Crippen LogP contribution in [0.15, 0.2) is 83.8 Å². The van der Waals surface area contributed by atoms with E-state index in [1.807, 2.05) is 12.1 Å². The van der Waals surface area contributed by atoms with Crippen molar-refractivity contribution in [3.63, 3.8) is 0 Å². The molecule has 3 aromatic carbocycles. The summed E-state index contributed by atoms with van der Waals surface area (Å²) >= 11 is 6.20. The van der Waals surface area contributed by atoms with Crippen molar-refractivity contribution in [1.82, 2.24) is 0 Å². The maximum atomic E-state index is 13.2. The minimum atomic E-state index is -3.93. The first kappa shape index (κ1) is 21.7. The lowest BCUT2D eigenvalue weighted by Gasteiger charge is -2.23. The third-order valence-corrected chi connectivity index (χ3v) is 6.61. The molecule has 0 aliphatic carbocycles. The van der Waals surface area contributed by atoms with E-state index in [0.717, 1.165) is 0 Å². The van der Waals surface area contributed by atoms with Gasteiger partial charge >= 0.3 is 0 Å². The fraction of sp³-hybridized carbons (Fsp3) is 0.136. The van der Waals surface area contributed by atoms with Gasteiger partial charge in [0.1, 0.15) is 10.6 Å². The molecule has 8 heteroatoms. The number of hydrogen-bond donors (Lipinski definition) is 1. The second kappa shape index (κ2) is 9.65. The molecular formula is C22H21ClN2O4S. The lowest BCUT2D eigenvalue weighted by molar-refractivity contribution is -0.118. The van der Waals surface area contributed by atoms with Crippen molar-refractivity contribution >= 4 is 38.9 Å². The summed E-state index contributed by atoms with van der Waals surface area (Å²) in [6, 6.07) is 22.0. The van der Waals surface area contributed by atoms with Crippen LogP contribution in [0, 0.1) is 0 Å². The Balaban J connectivity index is 1.79. The molecule has 6 nitrogen and oxygen atoms in total. The molecule has 1 amide bonds. The summed E-state index contributed by atoms with van der Waals surface area (Å²) in [5.74, 6) is 0.147. The summed E-state index contributed by atoms with van der Waals surface area (Å²) in [5.41, 5.74) is 0.838. The third-order valence-electron chi connectivity index (χ3n) is 4.23. The van der Waals surface area contributed by atoms with E-state index >= 15 is 0 Å². The SMILES string of the molecule is CCN(c1ccccc1)S(=O)(=O)c1cc(NC(=O)COc2ccccc2)ccc1Cl. The lowest BCUT2D eigenvalue weighted by atomic mass is 10.3. The standard InChI is InChI=1S/C22H21ClN2O4S/c1-2-25(18-9-5-3-6-10-18)30(27,28)21-15-17(13-14-20(21)23)24-22(26)16-29-19-11-7-4-8-12-19/h3-15H,2,16H2,1H3,(H,24,26). The molecule has 0 aliphatic rings. The number of ether oxygens (including phenoxy) is 1. The molecule has 0 spiro atoms. The molecule has 0 fully saturated rings. The molecule has 3 rings (SSSR count). The van der Waals surface area contributed by atoms with Gasteiger partial charge in [0.25, 0.3) is 15.9 Å². The number of carbonyl (C=O) groups is 1. The van der Waals surface area contributed by atoms with Gasteiger partial charge in [-0.2, -0.15) is 0 Å². The summed E-state index contributed by atoms with van der Waals surface area (Å²) in [4.78, 5) is 12.1. The molecule has 0 heterocycles. The van der Waals surface area contributed by atoms with Crippen molar-refractivity contribution in [2.75, 3.05) is 22.8 Å². The number of halogens is 1. The van der Waals surface area contributed by atoms with E-state index < -0.39 is 15.9 Å². The number of nitrogens with zero attached hydrogens (tertiary/aromatic N) is 1. The van der Waals surface area contributed by atoms with Crippen LogP contribution >= 0.6 is 11.6 Å². The highest BCUT2D eigenvalue weighted by Crippen LogP contribution is 2.30. The van der Waals surface area contributed by atoms with Gasteiger partial charge in [-0.25, -0.2) is 8.42 Å². The van der Waals surface area contributed by atoms with E-state index in [9.17, 15) is 13.2 Å². The van der Waals surface area contributed by atoms with Gasteiger partial charge in [0.05, 0.1) is 10.7 Å². The van der Waals surface area contributed by atoms with Crippen LogP contribution in [-0.2, 0) is 14.8 Å². The number of para-hydroxylation sites is 2. The van der Waals surface area contributed by atoms with Crippen molar-refractivity contribution in [3.05, 3.63) is 83.9 Å². The predicted molar refractivity (Wildman–Crippen MR) is 119 cm³/mol. The fourth-order valence-electron chi connectivity index (χ4n) is 2.85. The monoisotopic (exact) mass is 444 g/mol. The maximum absolute atomic E-state index is 13.2. The Morgan fingerprint density at radius 3 is 2.27 bits per heavy atom. The van der Waals surface area contributed by atoms with E-state index in [4.69, 9.17) is 16.3 Å². The van der Waals surface area contributed by atoms with E-state index in [0.29, 0.717) is 17.1 Å². The highest BCUT2D eigenvalue weighted by atomic mass is 35.5. The third kappa shape index (κ3) is 5.11. The van der Waals surface area contributed by atoms with Crippen molar-refractivity contribution in [2.45, 2.75) is 11.8 Å². The van der Waals surface area contributed by atoms with Gasteiger partial charge in [-0.05, 0) is 49.4 Å². The predicted octanol–water partition coefficient (Wildman–Crippen LogP) is 4.57. The van der Waals surface area contributed by atoms with E-state index in [1.54, 1.807) is 61.5 Å². The van der Waals surface area contributed by atoms with Crippen LogP contribution in [0.4, 0.5) is 11.4 Å². The molecule has 3 aromatic rings. The van der Waals surface area contributed by atoms with Gasteiger partial charge in [0.15, 0.2) is 6.61 Å². The number of anilines is 2. The zero-order valence-corrected chi connectivity index (χ0v) is 17.9. The molecule has 156 valence electrons. The quantitative estimate of drug-likeness (QED) is 0.552. The maximum Gasteiger partial charge on any atom is 0.265 e. The molecule has 0 saturated carbocycles. The van der Waals surface area contributed by atoms with E-state index in [1.165, 1.54) is 16.4 Å². The first-order chi connectivity index (χ1) is 14.4. The summed E-state index contributed by atoms with van der Waals surface area (Å²) < 4.78 is 33.1. The Hall–Kier alpha value is -3.03. The van der Waals surface area contributed by atoms with Crippen LogP contribution in [0.1, 0.15) is 6.92 Å². The van der Waals surface area contributed by atoms with Gasteiger partial charge in [-0.3, -0.25) is 9.10 Å². The lowest BCUT2D eigenvalue weighted by Crippen LogP contribution is -2.31. The molecule has 0 bridgehead atoms. The number of nitrogens with one attached hydrogen (secondary N) is 1. The largest absolute Gasteiger partial charge is 0.484 e. The average Bonchev–Trinajstić information content (AvgIpc) is 2.75. The van der Waals surface area contributed by atoms with Gasteiger partial charge in [-0.15, -0.1) is 0 Å². The molecule has 30 heavy (non-hydrogen) atoms. The second-order valence-electron chi connectivity index (χ2n) is 6.30. The zero-order chi connectivity index (χ0) is 21.6. The molecule has 0 atom stereocenters. The normalized spacial score (nSPS) is 11.0. The number of sulfonamides is 1. The molecule has 0 aromatic heterocycles. The van der Waals surface area contributed by atoms with Gasteiger partial charge in [0.2, 0.25) is 0 Å². The number of amides is 1. The Morgan fingerprint density at radius 2 is 1.63 bits per heavy atom. The Morgan fingerprint density at radius 1 is 1.00 bits per heavy atom. The smallest absolute Gasteiger partial charge is 0.265 e. The van der Waals surface area contributed by atoms with Crippen LogP contribution in [0.5, 0.6) is 5.75 Å². The topological polar surface area (TPSA) is 75.7 Å². The molecule has 0 unspecified atom stereocenters. The van der Waals surface area contributed by atoms with Crippen molar-refractivity contribution < 1.29 is 17.9 Å². The number of benzene rings is 3. The molecule has 0 radical (unpaired) electrons. The first-order valence-electron chi connectivity index (χ1n) is 9.27. The molecular weight excluding hydrogens is 424 g/mol. The van der Waals surface area contributed by atoms with Crippen molar-refractivity contribution in [3.8, 4) is 5.75 Å². The summed E-state index contributed by atoms with van der Waals surface area (Å²) in [5, 5.41) is 2.72. The van der Waals surface area contributed by atoms with Crippen LogP contribution in [-0.4, -0.2) is 27.5 Å². The Labute approximate surface area is 181 Å². The van der Waals surface area contributed by atoms with Crippen LogP contribution in [0.25, 0.3) is 0 Å².